The quantitative estimate of drug-likeness (QED) is 0.922. The Morgan fingerprint density at radius 1 is 1.47 bits per heavy atom. The van der Waals surface area contributed by atoms with E-state index < -0.39 is 0 Å². The summed E-state index contributed by atoms with van der Waals surface area (Å²) in [6.45, 7) is 1.96. The van der Waals surface area contributed by atoms with Crippen molar-refractivity contribution in [2.45, 2.75) is 31.7 Å². The lowest BCUT2D eigenvalue weighted by Crippen LogP contribution is -2.04. The number of hydrogen-bond acceptors (Lipinski definition) is 2. The van der Waals surface area contributed by atoms with E-state index in [0.717, 1.165) is 21.7 Å². The summed E-state index contributed by atoms with van der Waals surface area (Å²) in [6.07, 6.45) is 6.83. The van der Waals surface area contributed by atoms with Crippen LogP contribution in [0, 0.1) is 0 Å². The second kappa shape index (κ2) is 4.59. The van der Waals surface area contributed by atoms with Gasteiger partial charge in [0.25, 0.3) is 0 Å². The van der Waals surface area contributed by atoms with E-state index in [2.05, 4.69) is 37.6 Å². The van der Waals surface area contributed by atoms with Gasteiger partial charge in [0.05, 0.1) is 10.2 Å². The number of hydrogen-bond donors (Lipinski definition) is 1. The van der Waals surface area contributed by atoms with Gasteiger partial charge >= 0.3 is 0 Å². The maximum absolute atomic E-state index is 5.85. The van der Waals surface area contributed by atoms with E-state index in [1.165, 1.54) is 18.4 Å². The predicted octanol–water partition coefficient (Wildman–Crippen LogP) is 3.42. The minimum Gasteiger partial charge on any atom is -0.323 e. The zero-order valence-corrected chi connectivity index (χ0v) is 12.0. The number of rotatable bonds is 2. The molecule has 1 aliphatic carbocycles. The van der Waals surface area contributed by atoms with Crippen molar-refractivity contribution in [2.24, 2.45) is 5.73 Å². The molecule has 5 heteroatoms. The van der Waals surface area contributed by atoms with Gasteiger partial charge in [-0.1, -0.05) is 0 Å². The maximum atomic E-state index is 5.85. The smallest absolute Gasteiger partial charge is 0.151 e. The van der Waals surface area contributed by atoms with Crippen LogP contribution in [0.15, 0.2) is 22.9 Å². The second-order valence-corrected chi connectivity index (χ2v) is 5.44. The van der Waals surface area contributed by atoms with E-state index >= 15 is 0 Å². The summed E-state index contributed by atoms with van der Waals surface area (Å²) in [5.41, 5.74) is 9.14. The van der Waals surface area contributed by atoms with Crippen molar-refractivity contribution in [2.75, 3.05) is 0 Å². The highest BCUT2D eigenvalue weighted by Crippen LogP contribution is 2.41. The van der Waals surface area contributed by atoms with Crippen molar-refractivity contribution in [1.82, 2.24) is 9.38 Å². The Kier molecular flexibility index (Phi) is 3.48. The molecule has 0 unspecified atom stereocenters. The van der Waals surface area contributed by atoms with Gasteiger partial charge in [0.2, 0.25) is 0 Å². The monoisotopic (exact) mass is 315 g/mol. The highest BCUT2D eigenvalue weighted by molar-refractivity contribution is 9.10. The number of nitrogens with two attached hydrogens (primary N) is 1. The zero-order chi connectivity index (χ0) is 11.3. The van der Waals surface area contributed by atoms with Crippen molar-refractivity contribution in [3.05, 3.63) is 34.2 Å². The Morgan fingerprint density at radius 2 is 2.18 bits per heavy atom. The van der Waals surface area contributed by atoms with Crippen molar-refractivity contribution in [3.8, 4) is 0 Å². The first kappa shape index (κ1) is 12.9. The molecule has 17 heavy (non-hydrogen) atoms. The van der Waals surface area contributed by atoms with E-state index in [-0.39, 0.29) is 18.4 Å². The number of nitrogens with zero attached hydrogens (tertiary/aromatic N) is 2. The molecule has 0 aliphatic heterocycles. The van der Waals surface area contributed by atoms with Gasteiger partial charge in [-0.3, -0.25) is 0 Å². The van der Waals surface area contributed by atoms with Gasteiger partial charge in [-0.15, -0.1) is 12.4 Å². The molecule has 0 radical (unpaired) electrons. The molecule has 3 nitrogen and oxygen atoms in total. The topological polar surface area (TPSA) is 43.3 Å². The molecule has 2 N–H and O–H groups in total. The molecular formula is C12H15BrClN3. The van der Waals surface area contributed by atoms with Crippen LogP contribution in [0.25, 0.3) is 5.65 Å². The largest absolute Gasteiger partial charge is 0.323 e. The minimum absolute atomic E-state index is 0. The third-order valence-electron chi connectivity index (χ3n) is 3.06. The highest BCUT2D eigenvalue weighted by atomic mass is 79.9. The summed E-state index contributed by atoms with van der Waals surface area (Å²) in [5.74, 6) is 0.752. The molecule has 3 rings (SSSR count). The molecule has 0 amide bonds. The molecule has 2 aromatic heterocycles. The second-order valence-electron chi connectivity index (χ2n) is 4.58. The fraction of sp³-hybridized carbons (Fsp3) is 0.417. The van der Waals surface area contributed by atoms with Crippen LogP contribution in [-0.2, 0) is 0 Å². The van der Waals surface area contributed by atoms with Crippen LogP contribution in [0.1, 0.15) is 43.0 Å². The number of aromatic nitrogens is 2. The third kappa shape index (κ3) is 2.34. The normalized spacial score (nSPS) is 16.9. The van der Waals surface area contributed by atoms with Crippen molar-refractivity contribution >= 4 is 34.0 Å². The lowest BCUT2D eigenvalue weighted by molar-refractivity contribution is 0.790. The van der Waals surface area contributed by atoms with Crippen molar-refractivity contribution in [1.29, 1.82) is 0 Å². The Balaban J connectivity index is 0.00000108. The maximum Gasteiger partial charge on any atom is 0.151 e. The first-order valence-electron chi connectivity index (χ1n) is 5.59. The summed E-state index contributed by atoms with van der Waals surface area (Å²) in [5, 5.41) is 0. The molecule has 1 fully saturated rings. The summed E-state index contributed by atoms with van der Waals surface area (Å²) in [6, 6.07) is 2.17. The minimum atomic E-state index is -0.0174. The Bertz CT molecular complexity index is 546. The average molecular weight is 317 g/mol. The van der Waals surface area contributed by atoms with Crippen molar-refractivity contribution in [3.63, 3.8) is 0 Å². The fourth-order valence-corrected chi connectivity index (χ4v) is 2.51. The van der Waals surface area contributed by atoms with Crippen LogP contribution in [0.5, 0.6) is 0 Å². The van der Waals surface area contributed by atoms with Gasteiger partial charge in [-0.05, 0) is 53.2 Å². The van der Waals surface area contributed by atoms with Gasteiger partial charge < -0.3 is 10.1 Å². The van der Waals surface area contributed by atoms with E-state index in [1.807, 2.05) is 13.1 Å². The molecule has 2 heterocycles. The molecule has 0 saturated heterocycles. The van der Waals surface area contributed by atoms with E-state index in [1.54, 1.807) is 0 Å². The van der Waals surface area contributed by atoms with E-state index in [4.69, 9.17) is 5.73 Å². The summed E-state index contributed by atoms with van der Waals surface area (Å²) >= 11 is 3.58. The lowest BCUT2D eigenvalue weighted by atomic mass is 10.2. The number of pyridine rings is 1. The van der Waals surface area contributed by atoms with Crippen LogP contribution in [0.4, 0.5) is 0 Å². The molecule has 92 valence electrons. The van der Waals surface area contributed by atoms with Crippen LogP contribution >= 0.6 is 28.3 Å². The molecular weight excluding hydrogens is 302 g/mol. The van der Waals surface area contributed by atoms with Crippen LogP contribution in [0.2, 0.25) is 0 Å². The highest BCUT2D eigenvalue weighted by Gasteiger charge is 2.24. The molecule has 1 saturated carbocycles. The van der Waals surface area contributed by atoms with Crippen LogP contribution in [0.3, 0.4) is 0 Å². The fourth-order valence-electron chi connectivity index (χ4n) is 1.96. The van der Waals surface area contributed by atoms with Gasteiger partial charge in [-0.25, -0.2) is 4.98 Å². The van der Waals surface area contributed by atoms with Gasteiger partial charge in [0.1, 0.15) is 0 Å². The molecule has 2 aromatic rings. The molecule has 1 aliphatic rings. The third-order valence-corrected chi connectivity index (χ3v) is 3.64. The Morgan fingerprint density at radius 3 is 2.76 bits per heavy atom. The first-order chi connectivity index (χ1) is 7.65. The Hall–Kier alpha value is -0.580. The van der Waals surface area contributed by atoms with Crippen LogP contribution in [-0.4, -0.2) is 9.38 Å². The molecule has 1 atom stereocenters. The molecule has 0 spiro atoms. The summed E-state index contributed by atoms with van der Waals surface area (Å²) in [4.78, 5) is 4.52. The van der Waals surface area contributed by atoms with E-state index in [0.29, 0.717) is 0 Å². The predicted molar refractivity (Wildman–Crippen MR) is 74.7 cm³/mol. The lowest BCUT2D eigenvalue weighted by Gasteiger charge is -2.01. The molecule has 0 aromatic carbocycles. The number of imidazole rings is 1. The standard InChI is InChI=1S/C12H14BrN3.ClH/c1-7(14)11-6-16-5-9(8-2-3-8)4-10(13)12(16)15-11;/h4-8H,2-3,14H2,1H3;1H/t7-;/m1./s1. The SMILES string of the molecule is C[C@@H](N)c1cn2cc(C3CC3)cc(Br)c2n1.Cl. The number of fused-ring (bicyclic) bond motifs is 1. The zero-order valence-electron chi connectivity index (χ0n) is 9.56. The summed E-state index contributed by atoms with van der Waals surface area (Å²) < 4.78 is 3.14. The van der Waals surface area contributed by atoms with Crippen molar-refractivity contribution < 1.29 is 0 Å². The van der Waals surface area contributed by atoms with Gasteiger partial charge in [0, 0.05) is 18.4 Å². The van der Waals surface area contributed by atoms with Gasteiger partial charge in [-0.2, -0.15) is 0 Å². The Labute approximate surface area is 115 Å². The average Bonchev–Trinajstić information content (AvgIpc) is 2.97. The first-order valence-corrected chi connectivity index (χ1v) is 6.38. The van der Waals surface area contributed by atoms with Gasteiger partial charge in [0.15, 0.2) is 5.65 Å². The van der Waals surface area contributed by atoms with Crippen LogP contribution < -0.4 is 5.73 Å². The van der Waals surface area contributed by atoms with E-state index in [9.17, 15) is 0 Å². The summed E-state index contributed by atoms with van der Waals surface area (Å²) in [7, 11) is 0. The number of halogens is 2. The molecule has 0 bridgehead atoms.